The van der Waals surface area contributed by atoms with Gasteiger partial charge >= 0.3 is 0 Å². The lowest BCUT2D eigenvalue weighted by Crippen LogP contribution is -2.30. The second-order valence-corrected chi connectivity index (χ2v) is 10.3. The van der Waals surface area contributed by atoms with Crippen LogP contribution in [-0.4, -0.2) is 23.0 Å². The van der Waals surface area contributed by atoms with Crippen LogP contribution >= 0.6 is 11.8 Å². The predicted octanol–water partition coefficient (Wildman–Crippen LogP) is 6.52. The lowest BCUT2D eigenvalue weighted by Gasteiger charge is -2.14. The molecule has 196 valence electrons. The van der Waals surface area contributed by atoms with Crippen molar-refractivity contribution in [2.75, 3.05) is 10.6 Å². The molecule has 0 saturated heterocycles. The number of amides is 3. The van der Waals surface area contributed by atoms with Crippen LogP contribution in [-0.2, 0) is 9.59 Å². The Balaban J connectivity index is 1.46. The first-order chi connectivity index (χ1) is 18.9. The molecule has 0 aliphatic rings. The van der Waals surface area contributed by atoms with Gasteiger partial charge < -0.3 is 16.0 Å². The summed E-state index contributed by atoms with van der Waals surface area (Å²) in [5, 5.41) is 8.19. The molecule has 3 N–H and O–H groups in total. The van der Waals surface area contributed by atoms with Gasteiger partial charge in [-0.3, -0.25) is 14.4 Å². The van der Waals surface area contributed by atoms with Crippen LogP contribution in [0.5, 0.6) is 0 Å². The Hall–Kier alpha value is -4.62. The van der Waals surface area contributed by atoms with Crippen LogP contribution in [0.4, 0.5) is 11.4 Å². The van der Waals surface area contributed by atoms with E-state index in [-0.39, 0.29) is 22.8 Å². The molecule has 39 heavy (non-hydrogen) atoms. The van der Waals surface area contributed by atoms with E-state index in [1.807, 2.05) is 86.6 Å². The molecule has 4 rings (SSSR count). The SMILES string of the molecule is Cc1cccc(NC(=O)C(C)Sc2cccc(NC(=O)/C(=C/c3ccccc3)NC(=O)c3ccccc3)c2)c1. The number of nitrogens with one attached hydrogen (secondary N) is 3. The molecule has 0 radical (unpaired) electrons. The van der Waals surface area contributed by atoms with E-state index in [4.69, 9.17) is 0 Å². The van der Waals surface area contributed by atoms with Gasteiger partial charge in [-0.05, 0) is 73.5 Å². The molecule has 0 aliphatic carbocycles. The average Bonchev–Trinajstić information content (AvgIpc) is 2.94. The zero-order valence-corrected chi connectivity index (χ0v) is 22.5. The first kappa shape index (κ1) is 27.4. The molecule has 4 aromatic rings. The minimum atomic E-state index is -0.462. The summed E-state index contributed by atoms with van der Waals surface area (Å²) in [6.07, 6.45) is 1.63. The van der Waals surface area contributed by atoms with Crippen molar-refractivity contribution >= 4 is 46.9 Å². The molecule has 0 fully saturated rings. The van der Waals surface area contributed by atoms with Crippen LogP contribution in [0.2, 0.25) is 0 Å². The van der Waals surface area contributed by atoms with E-state index in [0.29, 0.717) is 11.3 Å². The lowest BCUT2D eigenvalue weighted by atomic mass is 10.1. The number of rotatable bonds is 9. The van der Waals surface area contributed by atoms with Gasteiger partial charge in [-0.15, -0.1) is 11.8 Å². The standard InChI is InChI=1S/C32H29N3O3S/c1-22-11-9-16-26(19-22)33-30(36)23(2)39-28-18-10-17-27(21-28)34-32(38)29(20-24-12-5-3-6-13-24)35-31(37)25-14-7-4-8-15-25/h3-21,23H,1-2H3,(H,33,36)(H,34,38)(H,35,37)/b29-20-. The summed E-state index contributed by atoms with van der Waals surface area (Å²) in [6.45, 7) is 3.81. The van der Waals surface area contributed by atoms with E-state index >= 15 is 0 Å². The molecule has 1 atom stereocenters. The van der Waals surface area contributed by atoms with Gasteiger partial charge in [0.05, 0.1) is 5.25 Å². The van der Waals surface area contributed by atoms with Crippen molar-refractivity contribution < 1.29 is 14.4 Å². The molecule has 6 nitrogen and oxygen atoms in total. The molecule has 4 aromatic carbocycles. The highest BCUT2D eigenvalue weighted by Gasteiger charge is 2.17. The Morgan fingerprint density at radius 1 is 0.744 bits per heavy atom. The fraction of sp³-hybridized carbons (Fsp3) is 0.0938. The number of benzene rings is 4. The van der Waals surface area contributed by atoms with Crippen LogP contribution in [0.1, 0.15) is 28.4 Å². The molecular formula is C32H29N3O3S. The molecular weight excluding hydrogens is 506 g/mol. The molecule has 0 bridgehead atoms. The van der Waals surface area contributed by atoms with Gasteiger partial charge in [-0.2, -0.15) is 0 Å². The largest absolute Gasteiger partial charge is 0.325 e. The number of anilines is 2. The van der Waals surface area contributed by atoms with E-state index in [1.54, 1.807) is 42.5 Å². The van der Waals surface area contributed by atoms with Crippen LogP contribution in [0.15, 0.2) is 120 Å². The van der Waals surface area contributed by atoms with Crippen molar-refractivity contribution in [3.63, 3.8) is 0 Å². The van der Waals surface area contributed by atoms with E-state index in [0.717, 1.165) is 21.7 Å². The van der Waals surface area contributed by atoms with E-state index < -0.39 is 5.91 Å². The smallest absolute Gasteiger partial charge is 0.272 e. The predicted molar refractivity (Wildman–Crippen MR) is 159 cm³/mol. The van der Waals surface area contributed by atoms with Gasteiger partial charge in [0.1, 0.15) is 5.70 Å². The molecule has 0 spiro atoms. The summed E-state index contributed by atoms with van der Waals surface area (Å²) in [7, 11) is 0. The summed E-state index contributed by atoms with van der Waals surface area (Å²) in [5.74, 6) is -0.960. The summed E-state index contributed by atoms with van der Waals surface area (Å²) in [5.41, 5.74) is 3.69. The zero-order chi connectivity index (χ0) is 27.6. The van der Waals surface area contributed by atoms with Crippen molar-refractivity contribution in [2.45, 2.75) is 24.0 Å². The minimum absolute atomic E-state index is 0.110. The van der Waals surface area contributed by atoms with E-state index in [1.165, 1.54) is 11.8 Å². The van der Waals surface area contributed by atoms with Crippen molar-refractivity contribution in [1.82, 2.24) is 5.32 Å². The Morgan fingerprint density at radius 2 is 1.38 bits per heavy atom. The van der Waals surface area contributed by atoms with E-state index in [2.05, 4.69) is 16.0 Å². The number of aryl methyl sites for hydroxylation is 1. The minimum Gasteiger partial charge on any atom is -0.325 e. The Morgan fingerprint density at radius 3 is 2.08 bits per heavy atom. The maximum atomic E-state index is 13.3. The van der Waals surface area contributed by atoms with E-state index in [9.17, 15) is 14.4 Å². The molecule has 0 saturated carbocycles. The maximum absolute atomic E-state index is 13.3. The Bertz CT molecular complexity index is 1490. The summed E-state index contributed by atoms with van der Waals surface area (Å²) in [4.78, 5) is 39.7. The van der Waals surface area contributed by atoms with Crippen molar-refractivity contribution in [2.24, 2.45) is 0 Å². The third-order valence-corrected chi connectivity index (χ3v) is 6.79. The van der Waals surface area contributed by atoms with Crippen molar-refractivity contribution in [3.05, 3.63) is 132 Å². The van der Waals surface area contributed by atoms with Gasteiger partial charge in [0.2, 0.25) is 5.91 Å². The number of carbonyl (C=O) groups excluding carboxylic acids is 3. The first-order valence-corrected chi connectivity index (χ1v) is 13.3. The summed E-state index contributed by atoms with van der Waals surface area (Å²) in [6, 6.07) is 32.9. The van der Waals surface area contributed by atoms with Gasteiger partial charge in [-0.1, -0.05) is 66.7 Å². The fourth-order valence-corrected chi connectivity index (χ4v) is 4.65. The third kappa shape index (κ3) is 8.18. The van der Waals surface area contributed by atoms with Gasteiger partial charge in [0, 0.05) is 21.8 Å². The second-order valence-electron chi connectivity index (χ2n) is 8.89. The number of thioether (sulfide) groups is 1. The average molecular weight is 536 g/mol. The number of carbonyl (C=O) groups is 3. The Labute approximate surface area is 232 Å². The lowest BCUT2D eigenvalue weighted by molar-refractivity contribution is -0.115. The summed E-state index contributed by atoms with van der Waals surface area (Å²) >= 11 is 1.39. The monoisotopic (exact) mass is 535 g/mol. The highest BCUT2D eigenvalue weighted by atomic mass is 32.2. The first-order valence-electron chi connectivity index (χ1n) is 12.5. The number of hydrogen-bond donors (Lipinski definition) is 3. The van der Waals surface area contributed by atoms with Crippen LogP contribution in [0.3, 0.4) is 0 Å². The molecule has 0 aromatic heterocycles. The second kappa shape index (κ2) is 13.3. The third-order valence-electron chi connectivity index (χ3n) is 5.70. The maximum Gasteiger partial charge on any atom is 0.272 e. The molecule has 7 heteroatoms. The molecule has 0 heterocycles. The molecule has 1 unspecified atom stereocenters. The number of hydrogen-bond acceptors (Lipinski definition) is 4. The molecule has 0 aliphatic heterocycles. The topological polar surface area (TPSA) is 87.3 Å². The van der Waals surface area contributed by atoms with Gasteiger partial charge in [-0.25, -0.2) is 0 Å². The normalized spacial score (nSPS) is 11.8. The van der Waals surface area contributed by atoms with Gasteiger partial charge in [0.25, 0.3) is 11.8 Å². The molecule has 3 amide bonds. The summed E-state index contributed by atoms with van der Waals surface area (Å²) < 4.78 is 0. The van der Waals surface area contributed by atoms with Crippen molar-refractivity contribution in [1.29, 1.82) is 0 Å². The Kier molecular flexibility index (Phi) is 9.32. The van der Waals surface area contributed by atoms with Crippen molar-refractivity contribution in [3.8, 4) is 0 Å². The zero-order valence-electron chi connectivity index (χ0n) is 21.7. The fourth-order valence-electron chi connectivity index (χ4n) is 3.73. The van der Waals surface area contributed by atoms with Gasteiger partial charge in [0.15, 0.2) is 0 Å². The highest BCUT2D eigenvalue weighted by Crippen LogP contribution is 2.27. The van der Waals surface area contributed by atoms with Crippen LogP contribution in [0, 0.1) is 6.92 Å². The van der Waals surface area contributed by atoms with Crippen LogP contribution in [0.25, 0.3) is 6.08 Å². The quantitative estimate of drug-likeness (QED) is 0.168. The van der Waals surface area contributed by atoms with Crippen LogP contribution < -0.4 is 16.0 Å². The highest BCUT2D eigenvalue weighted by molar-refractivity contribution is 8.00.